The predicted molar refractivity (Wildman–Crippen MR) is 53.0 cm³/mol. The Morgan fingerprint density at radius 1 is 1.71 bits per heavy atom. The van der Waals surface area contributed by atoms with Gasteiger partial charge in [0.05, 0.1) is 11.8 Å². The van der Waals surface area contributed by atoms with Gasteiger partial charge in [-0.2, -0.15) is 0 Å². The lowest BCUT2D eigenvalue weighted by Gasteiger charge is -2.11. The van der Waals surface area contributed by atoms with Crippen LogP contribution in [0, 0.1) is 0 Å². The number of H-pyrrole nitrogens is 1. The van der Waals surface area contributed by atoms with Crippen molar-refractivity contribution >= 4 is 9.84 Å². The minimum Gasteiger partial charge on any atom is -0.347 e. The summed E-state index contributed by atoms with van der Waals surface area (Å²) in [5, 5.41) is 0. The Labute approximate surface area is 82.8 Å². The van der Waals surface area contributed by atoms with Gasteiger partial charge in [0, 0.05) is 18.6 Å². The van der Waals surface area contributed by atoms with Crippen LogP contribution >= 0.6 is 0 Å². The Hall–Kier alpha value is -0.920. The summed E-state index contributed by atoms with van der Waals surface area (Å²) in [7, 11) is -2.96. The average Bonchev–Trinajstić information content (AvgIpc) is 2.56. The second-order valence-corrected chi connectivity index (χ2v) is 5.37. The second kappa shape index (κ2) is 4.54. The molecule has 6 nitrogen and oxygen atoms in total. The lowest BCUT2D eigenvalue weighted by atomic mass is 10.2. The smallest absolute Gasteiger partial charge is 0.147 e. The standard InChI is InChI=1S/C7H14N4O2S/c1-14(12,13)5-2-6(11-8)7-9-3-4-10-7/h3-4,6,11H,2,5,8H2,1H3,(H,9,10). The predicted octanol–water partition coefficient (Wildman–Crippen LogP) is -0.651. The van der Waals surface area contributed by atoms with E-state index < -0.39 is 9.84 Å². The number of sulfone groups is 1. The summed E-state index contributed by atoms with van der Waals surface area (Å²) in [4.78, 5) is 6.87. The monoisotopic (exact) mass is 218 g/mol. The van der Waals surface area contributed by atoms with Crippen molar-refractivity contribution in [1.29, 1.82) is 0 Å². The van der Waals surface area contributed by atoms with Crippen LogP contribution < -0.4 is 11.3 Å². The van der Waals surface area contributed by atoms with Gasteiger partial charge in [0.15, 0.2) is 0 Å². The van der Waals surface area contributed by atoms with Gasteiger partial charge in [0.25, 0.3) is 0 Å². The van der Waals surface area contributed by atoms with Crippen molar-refractivity contribution in [1.82, 2.24) is 15.4 Å². The topological polar surface area (TPSA) is 101 Å². The van der Waals surface area contributed by atoms with Gasteiger partial charge in [-0.25, -0.2) is 18.8 Å². The number of hydrazine groups is 1. The van der Waals surface area contributed by atoms with Crippen LogP contribution in [0.25, 0.3) is 0 Å². The van der Waals surface area contributed by atoms with Crippen molar-refractivity contribution in [3.63, 3.8) is 0 Å². The molecule has 0 radical (unpaired) electrons. The number of hydrogen-bond acceptors (Lipinski definition) is 5. The van der Waals surface area contributed by atoms with Crippen molar-refractivity contribution in [2.24, 2.45) is 5.84 Å². The SMILES string of the molecule is CS(=O)(=O)CCC(NN)c1ncc[nH]1. The third-order valence-corrected chi connectivity index (χ3v) is 2.81. The molecule has 0 bridgehead atoms. The molecular formula is C7H14N4O2S. The minimum absolute atomic E-state index is 0.0859. The van der Waals surface area contributed by atoms with E-state index in [-0.39, 0.29) is 11.8 Å². The molecule has 1 heterocycles. The van der Waals surface area contributed by atoms with Crippen LogP contribution in [0.3, 0.4) is 0 Å². The first-order chi connectivity index (χ1) is 6.53. The fourth-order valence-electron chi connectivity index (χ4n) is 1.10. The summed E-state index contributed by atoms with van der Waals surface area (Å²) in [6.07, 6.45) is 4.87. The molecule has 0 aliphatic heterocycles. The molecule has 14 heavy (non-hydrogen) atoms. The number of aromatic nitrogens is 2. The van der Waals surface area contributed by atoms with E-state index in [0.717, 1.165) is 0 Å². The molecule has 1 aromatic heterocycles. The Morgan fingerprint density at radius 2 is 2.43 bits per heavy atom. The molecule has 0 saturated heterocycles. The fourth-order valence-corrected chi connectivity index (χ4v) is 1.76. The average molecular weight is 218 g/mol. The zero-order valence-corrected chi connectivity index (χ0v) is 8.71. The van der Waals surface area contributed by atoms with Gasteiger partial charge < -0.3 is 4.98 Å². The molecule has 4 N–H and O–H groups in total. The summed E-state index contributed by atoms with van der Waals surface area (Å²) >= 11 is 0. The maximum absolute atomic E-state index is 10.9. The van der Waals surface area contributed by atoms with Crippen LogP contribution in [0.1, 0.15) is 18.3 Å². The van der Waals surface area contributed by atoms with Crippen LogP contribution in [0.5, 0.6) is 0 Å². The van der Waals surface area contributed by atoms with E-state index >= 15 is 0 Å². The lowest BCUT2D eigenvalue weighted by molar-refractivity contribution is 0.510. The highest BCUT2D eigenvalue weighted by atomic mass is 32.2. The van der Waals surface area contributed by atoms with Gasteiger partial charge in [-0.3, -0.25) is 5.84 Å². The molecule has 0 aromatic carbocycles. The van der Waals surface area contributed by atoms with Crippen LogP contribution in [0.4, 0.5) is 0 Å². The number of rotatable bonds is 5. The number of hydrogen-bond donors (Lipinski definition) is 3. The quantitative estimate of drug-likeness (QED) is 0.450. The maximum Gasteiger partial charge on any atom is 0.147 e. The van der Waals surface area contributed by atoms with Crippen molar-refractivity contribution in [3.05, 3.63) is 18.2 Å². The molecule has 0 fully saturated rings. The Bertz CT molecular complexity index is 359. The van der Waals surface area contributed by atoms with E-state index in [1.54, 1.807) is 12.4 Å². The van der Waals surface area contributed by atoms with E-state index in [9.17, 15) is 8.42 Å². The molecule has 1 atom stereocenters. The summed E-state index contributed by atoms with van der Waals surface area (Å²) < 4.78 is 21.8. The van der Waals surface area contributed by atoms with Crippen molar-refractivity contribution in [3.8, 4) is 0 Å². The molecule has 1 unspecified atom stereocenters. The van der Waals surface area contributed by atoms with Crippen LogP contribution in [-0.4, -0.2) is 30.4 Å². The number of nitrogens with zero attached hydrogens (tertiary/aromatic N) is 1. The van der Waals surface area contributed by atoms with Gasteiger partial charge >= 0.3 is 0 Å². The van der Waals surface area contributed by atoms with Gasteiger partial charge in [-0.15, -0.1) is 0 Å². The molecule has 0 amide bonds. The van der Waals surface area contributed by atoms with Gasteiger partial charge in [-0.05, 0) is 6.42 Å². The third kappa shape index (κ3) is 3.44. The number of nitrogens with one attached hydrogen (secondary N) is 2. The molecule has 0 aliphatic carbocycles. The summed E-state index contributed by atoms with van der Waals surface area (Å²) in [5.74, 6) is 6.02. The van der Waals surface area contributed by atoms with E-state index in [0.29, 0.717) is 12.2 Å². The van der Waals surface area contributed by atoms with E-state index in [2.05, 4.69) is 15.4 Å². The normalized spacial score (nSPS) is 14.1. The van der Waals surface area contributed by atoms with Crippen molar-refractivity contribution in [2.75, 3.05) is 12.0 Å². The largest absolute Gasteiger partial charge is 0.347 e. The molecule has 1 rings (SSSR count). The van der Waals surface area contributed by atoms with Crippen molar-refractivity contribution < 1.29 is 8.42 Å². The fraction of sp³-hybridized carbons (Fsp3) is 0.571. The summed E-state index contributed by atoms with van der Waals surface area (Å²) in [6, 6.07) is -0.250. The molecule has 80 valence electrons. The van der Waals surface area contributed by atoms with Crippen LogP contribution in [-0.2, 0) is 9.84 Å². The Kier molecular flexibility index (Phi) is 3.62. The zero-order valence-electron chi connectivity index (χ0n) is 7.90. The molecular weight excluding hydrogens is 204 g/mol. The molecule has 7 heteroatoms. The first-order valence-corrected chi connectivity index (χ1v) is 6.22. The van der Waals surface area contributed by atoms with Crippen LogP contribution in [0.2, 0.25) is 0 Å². The lowest BCUT2D eigenvalue weighted by Crippen LogP contribution is -2.30. The summed E-state index contributed by atoms with van der Waals surface area (Å²) in [6.45, 7) is 0. The van der Waals surface area contributed by atoms with E-state index in [4.69, 9.17) is 5.84 Å². The second-order valence-electron chi connectivity index (χ2n) is 3.11. The Morgan fingerprint density at radius 3 is 2.86 bits per heavy atom. The highest BCUT2D eigenvalue weighted by molar-refractivity contribution is 7.90. The highest BCUT2D eigenvalue weighted by Crippen LogP contribution is 2.11. The van der Waals surface area contributed by atoms with Gasteiger partial charge in [0.2, 0.25) is 0 Å². The molecule has 0 saturated carbocycles. The van der Waals surface area contributed by atoms with E-state index in [1.165, 1.54) is 6.26 Å². The number of aromatic amines is 1. The minimum atomic E-state index is -2.96. The molecule has 0 spiro atoms. The Balaban J connectivity index is 2.57. The first kappa shape index (κ1) is 11.2. The summed E-state index contributed by atoms with van der Waals surface area (Å²) in [5.41, 5.74) is 2.52. The molecule has 1 aromatic rings. The van der Waals surface area contributed by atoms with Crippen LogP contribution in [0.15, 0.2) is 12.4 Å². The van der Waals surface area contributed by atoms with Gasteiger partial charge in [-0.1, -0.05) is 0 Å². The zero-order chi connectivity index (χ0) is 10.6. The maximum atomic E-state index is 10.9. The first-order valence-electron chi connectivity index (χ1n) is 4.16. The highest BCUT2D eigenvalue weighted by Gasteiger charge is 2.14. The van der Waals surface area contributed by atoms with Crippen molar-refractivity contribution in [2.45, 2.75) is 12.5 Å². The van der Waals surface area contributed by atoms with Gasteiger partial charge in [0.1, 0.15) is 15.7 Å². The molecule has 0 aliphatic rings. The van der Waals surface area contributed by atoms with E-state index in [1.807, 2.05) is 0 Å². The third-order valence-electron chi connectivity index (χ3n) is 1.83. The number of imidazole rings is 1. The number of nitrogens with two attached hydrogens (primary N) is 1.